The summed E-state index contributed by atoms with van der Waals surface area (Å²) in [6.45, 7) is 1.77. The van der Waals surface area contributed by atoms with E-state index in [4.69, 9.17) is 0 Å². The highest BCUT2D eigenvalue weighted by Crippen LogP contribution is 2.22. The van der Waals surface area contributed by atoms with Crippen LogP contribution in [0.4, 0.5) is 0 Å². The summed E-state index contributed by atoms with van der Waals surface area (Å²) >= 11 is 0. The van der Waals surface area contributed by atoms with E-state index in [1.165, 1.54) is 16.3 Å². The molecule has 30 heavy (non-hydrogen) atoms. The molecule has 0 aliphatic carbocycles. The minimum Gasteiger partial charge on any atom is -0.315 e. The van der Waals surface area contributed by atoms with Gasteiger partial charge in [-0.2, -0.15) is 0 Å². The molecule has 0 amide bonds. The SMILES string of the molecule is O=S(=O)(NCCNCCCc1cccc2ccccc12)c1cccc2cnccc12. The highest BCUT2D eigenvalue weighted by atomic mass is 32.2. The normalized spacial score (nSPS) is 11.9. The fourth-order valence-corrected chi connectivity index (χ4v) is 4.98. The van der Waals surface area contributed by atoms with Gasteiger partial charge in [0.2, 0.25) is 10.0 Å². The monoisotopic (exact) mass is 419 g/mol. The molecule has 0 unspecified atom stereocenters. The van der Waals surface area contributed by atoms with Crippen molar-refractivity contribution in [2.24, 2.45) is 0 Å². The van der Waals surface area contributed by atoms with Crippen molar-refractivity contribution in [2.75, 3.05) is 19.6 Å². The van der Waals surface area contributed by atoms with Crippen LogP contribution in [-0.4, -0.2) is 33.0 Å². The van der Waals surface area contributed by atoms with Gasteiger partial charge in [-0.15, -0.1) is 0 Å². The Morgan fingerprint density at radius 2 is 1.57 bits per heavy atom. The lowest BCUT2D eigenvalue weighted by molar-refractivity contribution is 0.575. The number of nitrogens with one attached hydrogen (secondary N) is 2. The van der Waals surface area contributed by atoms with Crippen molar-refractivity contribution in [3.8, 4) is 0 Å². The number of nitrogens with zero attached hydrogens (tertiary/aromatic N) is 1. The van der Waals surface area contributed by atoms with Crippen molar-refractivity contribution in [3.63, 3.8) is 0 Å². The number of aryl methyl sites for hydroxylation is 1. The molecule has 0 saturated heterocycles. The van der Waals surface area contributed by atoms with Gasteiger partial charge in [0, 0.05) is 36.3 Å². The van der Waals surface area contributed by atoms with E-state index in [0.717, 1.165) is 24.8 Å². The van der Waals surface area contributed by atoms with Gasteiger partial charge in [0.05, 0.1) is 4.90 Å². The van der Waals surface area contributed by atoms with Crippen LogP contribution in [0.5, 0.6) is 0 Å². The van der Waals surface area contributed by atoms with Crippen LogP contribution in [0.3, 0.4) is 0 Å². The summed E-state index contributed by atoms with van der Waals surface area (Å²) in [7, 11) is -3.56. The second-order valence-electron chi connectivity index (χ2n) is 7.24. The average Bonchev–Trinajstić information content (AvgIpc) is 2.78. The molecule has 1 heterocycles. The van der Waals surface area contributed by atoms with E-state index >= 15 is 0 Å². The first kappa shape index (κ1) is 20.5. The largest absolute Gasteiger partial charge is 0.315 e. The van der Waals surface area contributed by atoms with E-state index in [0.29, 0.717) is 23.4 Å². The lowest BCUT2D eigenvalue weighted by atomic mass is 10.0. The van der Waals surface area contributed by atoms with Crippen LogP contribution in [0, 0.1) is 0 Å². The summed E-state index contributed by atoms with van der Waals surface area (Å²) in [6, 6.07) is 21.8. The van der Waals surface area contributed by atoms with Gasteiger partial charge in [0.1, 0.15) is 0 Å². The lowest BCUT2D eigenvalue weighted by Gasteiger charge is -2.10. The molecule has 0 bridgehead atoms. The summed E-state index contributed by atoms with van der Waals surface area (Å²) in [6.07, 6.45) is 5.27. The van der Waals surface area contributed by atoms with E-state index in [9.17, 15) is 8.42 Å². The van der Waals surface area contributed by atoms with Gasteiger partial charge in [-0.1, -0.05) is 54.6 Å². The Bertz CT molecular complexity index is 1250. The van der Waals surface area contributed by atoms with Crippen LogP contribution in [0.1, 0.15) is 12.0 Å². The molecule has 154 valence electrons. The molecule has 0 fully saturated rings. The highest BCUT2D eigenvalue weighted by Gasteiger charge is 2.16. The molecule has 4 aromatic rings. The van der Waals surface area contributed by atoms with Crippen molar-refractivity contribution in [1.29, 1.82) is 0 Å². The van der Waals surface area contributed by atoms with Gasteiger partial charge in [-0.3, -0.25) is 4.98 Å². The Morgan fingerprint density at radius 3 is 2.50 bits per heavy atom. The van der Waals surface area contributed by atoms with Crippen molar-refractivity contribution >= 4 is 31.6 Å². The highest BCUT2D eigenvalue weighted by molar-refractivity contribution is 7.89. The third-order valence-corrected chi connectivity index (χ3v) is 6.72. The van der Waals surface area contributed by atoms with Crippen molar-refractivity contribution in [3.05, 3.63) is 84.7 Å². The number of benzene rings is 3. The van der Waals surface area contributed by atoms with Gasteiger partial charge in [0.25, 0.3) is 0 Å². The Labute approximate surface area is 177 Å². The Balaban J connectivity index is 1.25. The standard InChI is InChI=1S/C24H25N3O2S/c28-30(29,24-12-4-9-21-18-26-15-13-23(21)24)27-17-16-25-14-5-10-20-8-3-7-19-6-1-2-11-22(19)20/h1-4,6-9,11-13,15,18,25,27H,5,10,14,16-17H2. The molecule has 0 aliphatic rings. The lowest BCUT2D eigenvalue weighted by Crippen LogP contribution is -2.32. The molecule has 4 rings (SSSR count). The average molecular weight is 420 g/mol. The van der Waals surface area contributed by atoms with Gasteiger partial charge in [-0.25, -0.2) is 13.1 Å². The molecule has 2 N–H and O–H groups in total. The number of aromatic nitrogens is 1. The van der Waals surface area contributed by atoms with Crippen LogP contribution >= 0.6 is 0 Å². The first-order valence-corrected chi connectivity index (χ1v) is 11.6. The fraction of sp³-hybridized carbons (Fsp3) is 0.208. The number of hydrogen-bond acceptors (Lipinski definition) is 4. The van der Waals surface area contributed by atoms with Gasteiger partial charge >= 0.3 is 0 Å². The minimum atomic E-state index is -3.56. The zero-order valence-corrected chi connectivity index (χ0v) is 17.5. The first-order valence-electron chi connectivity index (χ1n) is 10.1. The molecule has 3 aromatic carbocycles. The quantitative estimate of drug-likeness (QED) is 0.404. The second kappa shape index (κ2) is 9.34. The Kier molecular flexibility index (Phi) is 6.38. The van der Waals surface area contributed by atoms with E-state index in [2.05, 4.69) is 57.5 Å². The maximum absolute atomic E-state index is 12.7. The fourth-order valence-electron chi connectivity index (χ4n) is 3.72. The van der Waals surface area contributed by atoms with Crippen molar-refractivity contribution in [2.45, 2.75) is 17.7 Å². The maximum atomic E-state index is 12.7. The molecule has 6 heteroatoms. The van der Waals surface area contributed by atoms with E-state index < -0.39 is 10.0 Å². The van der Waals surface area contributed by atoms with Crippen molar-refractivity contribution < 1.29 is 8.42 Å². The number of fused-ring (bicyclic) bond motifs is 2. The molecule has 0 radical (unpaired) electrons. The predicted octanol–water partition coefficient (Wildman–Crippen LogP) is 3.89. The molecule has 1 aromatic heterocycles. The summed E-state index contributed by atoms with van der Waals surface area (Å²) in [5.41, 5.74) is 1.35. The molecule has 0 aliphatic heterocycles. The number of hydrogen-bond donors (Lipinski definition) is 2. The van der Waals surface area contributed by atoms with Crippen LogP contribution in [-0.2, 0) is 16.4 Å². The summed E-state index contributed by atoms with van der Waals surface area (Å²) in [5, 5.41) is 7.39. The smallest absolute Gasteiger partial charge is 0.241 e. The molecular weight excluding hydrogens is 394 g/mol. The van der Waals surface area contributed by atoms with Gasteiger partial charge in [-0.05, 0) is 47.9 Å². The second-order valence-corrected chi connectivity index (χ2v) is 8.98. The van der Waals surface area contributed by atoms with E-state index in [1.807, 2.05) is 6.07 Å². The van der Waals surface area contributed by atoms with E-state index in [1.54, 1.807) is 30.6 Å². The zero-order valence-electron chi connectivity index (χ0n) is 16.7. The van der Waals surface area contributed by atoms with Gasteiger partial charge in [0.15, 0.2) is 0 Å². The minimum absolute atomic E-state index is 0.290. The molecular formula is C24H25N3O2S. The van der Waals surface area contributed by atoms with Crippen LogP contribution in [0.2, 0.25) is 0 Å². The maximum Gasteiger partial charge on any atom is 0.241 e. The Hall–Kier alpha value is -2.80. The van der Waals surface area contributed by atoms with Crippen molar-refractivity contribution in [1.82, 2.24) is 15.0 Å². The summed E-state index contributed by atoms with van der Waals surface area (Å²) in [5.74, 6) is 0. The Morgan fingerprint density at radius 1 is 0.767 bits per heavy atom. The van der Waals surface area contributed by atoms with E-state index in [-0.39, 0.29) is 0 Å². The predicted molar refractivity (Wildman–Crippen MR) is 122 cm³/mol. The summed E-state index contributed by atoms with van der Waals surface area (Å²) < 4.78 is 28.1. The van der Waals surface area contributed by atoms with Gasteiger partial charge < -0.3 is 5.32 Å². The molecule has 0 atom stereocenters. The molecule has 5 nitrogen and oxygen atoms in total. The first-order chi connectivity index (χ1) is 14.6. The van der Waals surface area contributed by atoms with Crippen LogP contribution in [0.25, 0.3) is 21.5 Å². The topological polar surface area (TPSA) is 71.1 Å². The van der Waals surface area contributed by atoms with Crippen LogP contribution < -0.4 is 10.0 Å². The molecule has 0 spiro atoms. The summed E-state index contributed by atoms with van der Waals surface area (Å²) in [4.78, 5) is 4.34. The number of sulfonamides is 1. The molecule has 0 saturated carbocycles. The third kappa shape index (κ3) is 4.67. The number of rotatable bonds is 9. The third-order valence-electron chi connectivity index (χ3n) is 5.20. The zero-order chi connectivity index (χ0) is 20.8. The van der Waals surface area contributed by atoms with Crippen LogP contribution in [0.15, 0.2) is 84.0 Å². The number of pyridine rings is 1.